The van der Waals surface area contributed by atoms with Gasteiger partial charge in [0.1, 0.15) is 16.8 Å². The van der Waals surface area contributed by atoms with Crippen molar-refractivity contribution in [2.75, 3.05) is 18.1 Å². The minimum atomic E-state index is -4.64. The predicted octanol–water partition coefficient (Wildman–Crippen LogP) is 0.705. The summed E-state index contributed by atoms with van der Waals surface area (Å²) in [7, 11) is 0. The van der Waals surface area contributed by atoms with Gasteiger partial charge in [-0.25, -0.2) is 15.0 Å². The maximum absolute atomic E-state index is 13.0. The van der Waals surface area contributed by atoms with Crippen LogP contribution in [0.2, 0.25) is 0 Å². The SMILES string of the molecule is CC1=NC2=CN(C(F)(F)F)NN2C(SCC2(C(=O)O)CS[C@@H]3C(N)C(=O)N3C2)=C1. The van der Waals surface area contributed by atoms with E-state index in [0.29, 0.717) is 10.7 Å². The number of amides is 1. The number of hydrazine groups is 2. The van der Waals surface area contributed by atoms with Crippen LogP contribution in [0.5, 0.6) is 0 Å². The molecule has 0 aromatic heterocycles. The second-order valence-electron chi connectivity index (χ2n) is 7.06. The number of aliphatic carboxylic acids is 1. The first kappa shape index (κ1) is 20.4. The molecule has 0 aliphatic carbocycles. The Morgan fingerprint density at radius 2 is 2.28 bits per heavy atom. The lowest BCUT2D eigenvalue weighted by atomic mass is 9.89. The molecule has 2 saturated heterocycles. The van der Waals surface area contributed by atoms with E-state index < -0.39 is 23.7 Å². The van der Waals surface area contributed by atoms with E-state index in [1.54, 1.807) is 13.0 Å². The van der Waals surface area contributed by atoms with Crippen molar-refractivity contribution in [1.29, 1.82) is 0 Å². The van der Waals surface area contributed by atoms with Gasteiger partial charge in [-0.3, -0.25) is 9.59 Å². The van der Waals surface area contributed by atoms with E-state index in [2.05, 4.69) is 10.5 Å². The highest BCUT2D eigenvalue weighted by Crippen LogP contribution is 2.45. The number of halogens is 3. The molecule has 1 amide bonds. The van der Waals surface area contributed by atoms with Gasteiger partial charge in [0.25, 0.3) is 0 Å². The molecule has 4 N–H and O–H groups in total. The summed E-state index contributed by atoms with van der Waals surface area (Å²) in [6, 6.07) is -0.616. The molecule has 4 aliphatic heterocycles. The number of carboxylic acids is 1. The Balaban J connectivity index is 1.50. The van der Waals surface area contributed by atoms with E-state index in [0.717, 1.165) is 23.0 Å². The predicted molar refractivity (Wildman–Crippen MR) is 101 cm³/mol. The molecule has 2 fully saturated rings. The van der Waals surface area contributed by atoms with Gasteiger partial charge in [0.2, 0.25) is 5.91 Å². The number of thioether (sulfide) groups is 2. The van der Waals surface area contributed by atoms with Crippen LogP contribution in [0, 0.1) is 5.41 Å². The third kappa shape index (κ3) is 3.37. The number of nitrogens with one attached hydrogen (secondary N) is 1. The number of hydrogen-bond acceptors (Lipinski definition) is 9. The second kappa shape index (κ2) is 6.82. The van der Waals surface area contributed by atoms with Crippen LogP contribution in [0.15, 0.2) is 28.1 Å². The van der Waals surface area contributed by atoms with Crippen LogP contribution in [0.1, 0.15) is 6.92 Å². The minimum absolute atomic E-state index is 0.0185. The van der Waals surface area contributed by atoms with Crippen LogP contribution in [0.4, 0.5) is 13.2 Å². The van der Waals surface area contributed by atoms with Gasteiger partial charge in [0, 0.05) is 23.8 Å². The zero-order valence-corrected chi connectivity index (χ0v) is 16.6. The molecule has 9 nitrogen and oxygen atoms in total. The molecule has 4 heterocycles. The topological polar surface area (TPSA) is 114 Å². The normalized spacial score (nSPS) is 31.6. The first-order valence-electron chi connectivity index (χ1n) is 8.47. The number of fused-ring (bicyclic) bond motifs is 2. The average Bonchev–Trinajstić information content (AvgIpc) is 3.09. The molecule has 29 heavy (non-hydrogen) atoms. The second-order valence-corrected chi connectivity index (χ2v) is 9.16. The van der Waals surface area contributed by atoms with Gasteiger partial charge >= 0.3 is 12.3 Å². The minimum Gasteiger partial charge on any atom is -0.481 e. The molecule has 0 saturated carbocycles. The molecular formula is C15H17F3N6O3S2. The number of allylic oxidation sites excluding steroid dienone is 1. The lowest BCUT2D eigenvalue weighted by Gasteiger charge is -2.52. The molecule has 0 aromatic carbocycles. The number of carbonyl (C=O) groups excluding carboxylic acids is 1. The Morgan fingerprint density at radius 1 is 1.55 bits per heavy atom. The monoisotopic (exact) mass is 450 g/mol. The van der Waals surface area contributed by atoms with Crippen LogP contribution < -0.4 is 11.3 Å². The largest absolute Gasteiger partial charge is 0.500 e. The van der Waals surface area contributed by atoms with Crippen molar-refractivity contribution in [3.8, 4) is 0 Å². The van der Waals surface area contributed by atoms with Crippen molar-refractivity contribution < 1.29 is 27.9 Å². The third-order valence-corrected chi connectivity index (χ3v) is 7.84. The summed E-state index contributed by atoms with van der Waals surface area (Å²) >= 11 is 2.41. The molecule has 0 bridgehead atoms. The van der Waals surface area contributed by atoms with Crippen LogP contribution >= 0.6 is 23.5 Å². The third-order valence-electron chi connectivity index (χ3n) is 4.93. The van der Waals surface area contributed by atoms with Gasteiger partial charge in [0.15, 0.2) is 5.82 Å². The number of nitrogens with two attached hydrogens (primary N) is 1. The Kier molecular flexibility index (Phi) is 4.79. The van der Waals surface area contributed by atoms with Gasteiger partial charge < -0.3 is 15.7 Å². The number of β-lactam (4-membered cyclic amide) rings is 1. The van der Waals surface area contributed by atoms with Crippen LogP contribution in [0.3, 0.4) is 0 Å². The van der Waals surface area contributed by atoms with Crippen LogP contribution in [0.25, 0.3) is 0 Å². The molecule has 0 aromatic rings. The highest BCUT2D eigenvalue weighted by molar-refractivity contribution is 8.03. The lowest BCUT2D eigenvalue weighted by Crippen LogP contribution is -2.72. The summed E-state index contributed by atoms with van der Waals surface area (Å²) in [5.41, 5.74) is 7.20. The van der Waals surface area contributed by atoms with E-state index in [1.165, 1.54) is 16.7 Å². The maximum Gasteiger partial charge on any atom is 0.500 e. The Morgan fingerprint density at radius 3 is 2.93 bits per heavy atom. The van der Waals surface area contributed by atoms with Crippen molar-refractivity contribution >= 4 is 41.1 Å². The highest BCUT2D eigenvalue weighted by Gasteiger charge is 2.56. The molecule has 4 rings (SSSR count). The van der Waals surface area contributed by atoms with Crippen molar-refractivity contribution in [3.05, 3.63) is 23.1 Å². The van der Waals surface area contributed by atoms with Crippen molar-refractivity contribution in [2.45, 2.75) is 24.6 Å². The fourth-order valence-corrected chi connectivity index (χ4v) is 6.19. The summed E-state index contributed by atoms with van der Waals surface area (Å²) < 4.78 is 39.0. The molecular weight excluding hydrogens is 433 g/mol. The molecule has 158 valence electrons. The fourth-order valence-electron chi connectivity index (χ4n) is 3.31. The van der Waals surface area contributed by atoms with Crippen molar-refractivity contribution in [2.24, 2.45) is 16.1 Å². The highest BCUT2D eigenvalue weighted by atomic mass is 32.2. The van der Waals surface area contributed by atoms with Gasteiger partial charge in [-0.2, -0.15) is 0 Å². The number of carboxylic acid groups (broad SMARTS) is 1. The smallest absolute Gasteiger partial charge is 0.481 e. The van der Waals surface area contributed by atoms with Crippen molar-refractivity contribution in [3.63, 3.8) is 0 Å². The van der Waals surface area contributed by atoms with E-state index >= 15 is 0 Å². The van der Waals surface area contributed by atoms with E-state index in [-0.39, 0.29) is 40.2 Å². The quantitative estimate of drug-likeness (QED) is 0.421. The van der Waals surface area contributed by atoms with E-state index in [4.69, 9.17) is 5.73 Å². The number of carbonyl (C=O) groups is 2. The average molecular weight is 450 g/mol. The summed E-state index contributed by atoms with van der Waals surface area (Å²) in [5.74, 6) is -0.977. The standard InChI is InChI=1S/C15H17F3N6O3S2/c1-7-2-9(24-8(20-7)3-23(21-24)15(16,17)18)28-5-14(13(26)27)4-22-11(25)10(19)12(22)29-6-14/h2-3,10,12,21H,4-6,19H2,1H3,(H,26,27)/t10?,12-,14?/m1/s1. The Labute approximate surface area is 171 Å². The Hall–Kier alpha value is -1.90. The summed E-state index contributed by atoms with van der Waals surface area (Å²) in [6.45, 7) is 1.66. The van der Waals surface area contributed by atoms with Crippen LogP contribution in [-0.2, 0) is 9.59 Å². The summed E-state index contributed by atoms with van der Waals surface area (Å²) in [4.78, 5) is 29.5. The molecule has 14 heteroatoms. The molecule has 3 atom stereocenters. The number of aliphatic imine (C=N–C) groups is 1. The van der Waals surface area contributed by atoms with E-state index in [1.807, 2.05) is 0 Å². The Bertz CT molecular complexity index is 863. The number of nitrogens with zero attached hydrogens (tertiary/aromatic N) is 4. The summed E-state index contributed by atoms with van der Waals surface area (Å²) in [6.07, 6.45) is -2.24. The zero-order chi connectivity index (χ0) is 21.1. The lowest BCUT2D eigenvalue weighted by molar-refractivity contribution is -0.250. The van der Waals surface area contributed by atoms with Gasteiger partial charge in [-0.1, -0.05) is 0 Å². The first-order chi connectivity index (χ1) is 13.5. The number of rotatable bonds is 4. The van der Waals surface area contributed by atoms with Crippen molar-refractivity contribution in [1.82, 2.24) is 20.5 Å². The van der Waals surface area contributed by atoms with E-state index in [9.17, 15) is 27.9 Å². The molecule has 2 unspecified atom stereocenters. The first-order valence-corrected chi connectivity index (χ1v) is 10.5. The maximum atomic E-state index is 13.0. The fraction of sp³-hybridized carbons (Fsp3) is 0.533. The zero-order valence-electron chi connectivity index (χ0n) is 15.0. The number of hydrogen-bond donors (Lipinski definition) is 3. The molecule has 0 radical (unpaired) electrons. The van der Waals surface area contributed by atoms with Gasteiger partial charge in [-0.05, 0) is 13.0 Å². The van der Waals surface area contributed by atoms with Crippen LogP contribution in [-0.4, -0.2) is 73.4 Å². The summed E-state index contributed by atoms with van der Waals surface area (Å²) in [5, 5.41) is 11.1. The van der Waals surface area contributed by atoms with Gasteiger partial charge in [-0.15, -0.1) is 42.2 Å². The number of alkyl halides is 3. The molecule has 0 spiro atoms. The van der Waals surface area contributed by atoms with Gasteiger partial charge in [0.05, 0.1) is 11.2 Å². The molecule has 4 aliphatic rings.